The van der Waals surface area contributed by atoms with E-state index in [-0.39, 0.29) is 42.3 Å². The molecular formula is C16H22N4O6. The second kappa shape index (κ2) is 7.90. The van der Waals surface area contributed by atoms with Gasteiger partial charge < -0.3 is 15.7 Å². The Kier molecular flexibility index (Phi) is 6.06. The van der Waals surface area contributed by atoms with Crippen molar-refractivity contribution in [1.82, 2.24) is 0 Å². The van der Waals surface area contributed by atoms with Gasteiger partial charge in [0.2, 0.25) is 0 Å². The third kappa shape index (κ3) is 3.33. The van der Waals surface area contributed by atoms with Crippen molar-refractivity contribution in [1.29, 1.82) is 5.41 Å². The van der Waals surface area contributed by atoms with Gasteiger partial charge >= 0.3 is 0 Å². The van der Waals surface area contributed by atoms with Gasteiger partial charge in [0.1, 0.15) is 35.5 Å². The second-order valence-electron chi connectivity index (χ2n) is 7.05. The Balaban J connectivity index is 2.59. The lowest BCUT2D eigenvalue weighted by atomic mass is 9.58. The van der Waals surface area contributed by atoms with Gasteiger partial charge in [-0.15, -0.1) is 0 Å². The maximum absolute atomic E-state index is 12.2. The van der Waals surface area contributed by atoms with Crippen molar-refractivity contribution in [3.63, 3.8) is 0 Å². The van der Waals surface area contributed by atoms with Crippen LogP contribution in [0, 0.1) is 38.9 Å². The SMILES string of the molecule is CC(=O)C1CC(=N)C(=NO)C(O)C1C1C(C(C)=O)CCC(N=O)C1N=O. The minimum atomic E-state index is -1.53. The number of rotatable bonds is 5. The molecule has 0 saturated heterocycles. The van der Waals surface area contributed by atoms with E-state index in [1.807, 2.05) is 0 Å². The smallest absolute Gasteiger partial charge is 0.133 e. The largest absolute Gasteiger partial charge is 0.411 e. The third-order valence-corrected chi connectivity index (χ3v) is 5.72. The average Bonchev–Trinajstić information content (AvgIpc) is 2.60. The van der Waals surface area contributed by atoms with Gasteiger partial charge in [0.15, 0.2) is 0 Å². The molecule has 2 rings (SSSR count). The molecule has 2 aliphatic carbocycles. The molecule has 10 nitrogen and oxygen atoms in total. The first-order chi connectivity index (χ1) is 12.3. The predicted molar refractivity (Wildman–Crippen MR) is 91.3 cm³/mol. The van der Waals surface area contributed by atoms with Gasteiger partial charge in [0, 0.05) is 30.1 Å². The van der Waals surface area contributed by atoms with E-state index in [0.29, 0.717) is 0 Å². The molecule has 3 N–H and O–H groups in total. The van der Waals surface area contributed by atoms with E-state index in [1.54, 1.807) is 0 Å². The number of nitrogens with one attached hydrogen (secondary N) is 1. The molecule has 0 aliphatic heterocycles. The number of carbonyl (C=O) groups excluding carboxylic acids is 2. The summed E-state index contributed by atoms with van der Waals surface area (Å²) in [5.41, 5.74) is -0.493. The van der Waals surface area contributed by atoms with E-state index in [1.165, 1.54) is 13.8 Å². The molecule has 0 aromatic rings. The molecule has 2 aliphatic rings. The zero-order valence-electron chi connectivity index (χ0n) is 14.5. The minimum Gasteiger partial charge on any atom is -0.411 e. The highest BCUT2D eigenvalue weighted by Gasteiger charge is 2.54. The first-order valence-electron chi connectivity index (χ1n) is 8.42. The molecule has 0 heterocycles. The summed E-state index contributed by atoms with van der Waals surface area (Å²) in [6, 6.07) is -2.13. The average molecular weight is 366 g/mol. The van der Waals surface area contributed by atoms with E-state index in [4.69, 9.17) is 10.6 Å². The summed E-state index contributed by atoms with van der Waals surface area (Å²) < 4.78 is 0. The number of ketones is 2. The monoisotopic (exact) mass is 366 g/mol. The van der Waals surface area contributed by atoms with E-state index >= 15 is 0 Å². The van der Waals surface area contributed by atoms with Crippen LogP contribution in [0.5, 0.6) is 0 Å². The second-order valence-corrected chi connectivity index (χ2v) is 7.05. The first kappa shape index (κ1) is 20.0. The number of aliphatic hydroxyl groups excluding tert-OH is 1. The number of carbonyl (C=O) groups is 2. The summed E-state index contributed by atoms with van der Waals surface area (Å²) in [6.07, 6.45) is -1.14. The van der Waals surface area contributed by atoms with Crippen LogP contribution in [0.2, 0.25) is 0 Å². The van der Waals surface area contributed by atoms with Crippen molar-refractivity contribution in [2.45, 2.75) is 51.3 Å². The number of nitroso groups, excluding NO2 is 2. The summed E-state index contributed by atoms with van der Waals surface area (Å²) in [6.45, 7) is 2.64. The van der Waals surface area contributed by atoms with Crippen molar-refractivity contribution in [3.8, 4) is 0 Å². The molecule has 7 atom stereocenters. The van der Waals surface area contributed by atoms with Gasteiger partial charge in [-0.1, -0.05) is 15.5 Å². The van der Waals surface area contributed by atoms with Crippen LogP contribution in [0.25, 0.3) is 0 Å². The third-order valence-electron chi connectivity index (χ3n) is 5.72. The normalized spacial score (nSPS) is 39.4. The Labute approximate surface area is 149 Å². The molecule has 0 spiro atoms. The van der Waals surface area contributed by atoms with Gasteiger partial charge in [-0.05, 0) is 26.7 Å². The number of Topliss-reactive ketones (excluding diaryl/α,β-unsaturated/α-hetero) is 2. The Morgan fingerprint density at radius 3 is 2.12 bits per heavy atom. The number of hydrogen-bond donors (Lipinski definition) is 3. The molecular weight excluding hydrogens is 344 g/mol. The highest BCUT2D eigenvalue weighted by Crippen LogP contribution is 2.46. The minimum absolute atomic E-state index is 0.0949. The summed E-state index contributed by atoms with van der Waals surface area (Å²) in [5.74, 6) is -4.01. The quantitative estimate of drug-likeness (QED) is 0.376. The molecule has 0 radical (unpaired) electrons. The van der Waals surface area contributed by atoms with Crippen molar-refractivity contribution >= 4 is 23.0 Å². The Morgan fingerprint density at radius 2 is 1.65 bits per heavy atom. The maximum atomic E-state index is 12.2. The van der Waals surface area contributed by atoms with Crippen LogP contribution in [0.4, 0.5) is 0 Å². The summed E-state index contributed by atoms with van der Waals surface area (Å²) in [4.78, 5) is 47.0. The lowest BCUT2D eigenvalue weighted by molar-refractivity contribution is -0.131. The van der Waals surface area contributed by atoms with Crippen LogP contribution in [-0.2, 0) is 9.59 Å². The van der Waals surface area contributed by atoms with Crippen LogP contribution >= 0.6 is 0 Å². The predicted octanol–water partition coefficient (Wildman–Crippen LogP) is 1.31. The number of nitrogens with zero attached hydrogens (tertiary/aromatic N) is 3. The van der Waals surface area contributed by atoms with Gasteiger partial charge in [-0.25, -0.2) is 0 Å². The Morgan fingerprint density at radius 1 is 1.04 bits per heavy atom. The van der Waals surface area contributed by atoms with Gasteiger partial charge in [-0.2, -0.15) is 9.81 Å². The van der Waals surface area contributed by atoms with E-state index in [2.05, 4.69) is 15.5 Å². The fourth-order valence-corrected chi connectivity index (χ4v) is 4.49. The molecule has 0 bridgehead atoms. The lowest BCUT2D eigenvalue weighted by Gasteiger charge is -2.46. The van der Waals surface area contributed by atoms with E-state index in [0.717, 1.165) is 0 Å². The maximum Gasteiger partial charge on any atom is 0.133 e. The number of aliphatic hydroxyl groups is 1. The van der Waals surface area contributed by atoms with Crippen LogP contribution in [0.15, 0.2) is 15.5 Å². The fourth-order valence-electron chi connectivity index (χ4n) is 4.49. The van der Waals surface area contributed by atoms with Crippen LogP contribution in [-0.4, -0.2) is 51.5 Å². The highest BCUT2D eigenvalue weighted by molar-refractivity contribution is 6.43. The molecule has 2 saturated carbocycles. The van der Waals surface area contributed by atoms with Gasteiger partial charge in [-0.3, -0.25) is 9.59 Å². The van der Waals surface area contributed by atoms with E-state index < -0.39 is 41.9 Å². The molecule has 7 unspecified atom stereocenters. The standard InChI is InChI=1S/C16H22N4O6/c1-6(21)8-3-4-11(18-24)15(20-26)12(8)13-9(7(2)22)5-10(17)14(19-25)16(13)23/h8-9,11-13,15-17,23,25H,3-5H2,1-2H3. The Hall–Kier alpha value is -2.36. The van der Waals surface area contributed by atoms with E-state index in [9.17, 15) is 24.5 Å². The molecule has 0 aromatic heterocycles. The number of hydrogen-bond acceptors (Lipinski definition) is 10. The lowest BCUT2D eigenvalue weighted by Crippen LogP contribution is -2.57. The Bertz CT molecular complexity index is 663. The summed E-state index contributed by atoms with van der Waals surface area (Å²) in [5, 5.41) is 36.6. The zero-order valence-corrected chi connectivity index (χ0v) is 14.5. The molecule has 2 fully saturated rings. The highest BCUT2D eigenvalue weighted by atomic mass is 16.4. The summed E-state index contributed by atoms with van der Waals surface area (Å²) in [7, 11) is 0. The summed E-state index contributed by atoms with van der Waals surface area (Å²) >= 11 is 0. The van der Waals surface area contributed by atoms with Crippen LogP contribution in [0.1, 0.15) is 33.1 Å². The molecule has 0 amide bonds. The van der Waals surface area contributed by atoms with Crippen molar-refractivity contribution in [3.05, 3.63) is 9.81 Å². The topological polar surface area (TPSA) is 170 Å². The van der Waals surface area contributed by atoms with Crippen molar-refractivity contribution in [2.75, 3.05) is 0 Å². The fraction of sp³-hybridized carbons (Fsp3) is 0.750. The molecule has 26 heavy (non-hydrogen) atoms. The van der Waals surface area contributed by atoms with Crippen molar-refractivity contribution in [2.24, 2.45) is 39.2 Å². The van der Waals surface area contributed by atoms with Crippen LogP contribution < -0.4 is 0 Å². The van der Waals surface area contributed by atoms with Crippen molar-refractivity contribution < 1.29 is 19.9 Å². The zero-order chi connectivity index (χ0) is 19.6. The molecule has 142 valence electrons. The van der Waals surface area contributed by atoms with Gasteiger partial charge in [0.25, 0.3) is 0 Å². The molecule has 10 heteroatoms. The van der Waals surface area contributed by atoms with Crippen LogP contribution in [0.3, 0.4) is 0 Å². The van der Waals surface area contributed by atoms with Gasteiger partial charge in [0.05, 0.1) is 5.71 Å². The molecule has 0 aromatic carbocycles. The first-order valence-corrected chi connectivity index (χ1v) is 8.42. The number of oxime groups is 1.